The zero-order valence-corrected chi connectivity index (χ0v) is 18.3. The van der Waals surface area contributed by atoms with E-state index in [2.05, 4.69) is 33.5 Å². The number of nitrogens with two attached hydrogens (primary N) is 1. The molecular formula is C23H18Cl2N4S. The van der Waals surface area contributed by atoms with Gasteiger partial charge in [-0.1, -0.05) is 29.3 Å². The molecule has 0 aliphatic carbocycles. The lowest BCUT2D eigenvalue weighted by Gasteiger charge is -2.11. The van der Waals surface area contributed by atoms with Crippen LogP contribution in [0.25, 0.3) is 38.8 Å². The van der Waals surface area contributed by atoms with Crippen LogP contribution in [0.1, 0.15) is 12.0 Å². The number of aromatic nitrogens is 3. The van der Waals surface area contributed by atoms with Crippen molar-refractivity contribution in [1.82, 2.24) is 14.5 Å². The van der Waals surface area contributed by atoms with Crippen LogP contribution in [-0.2, 0) is 6.42 Å². The van der Waals surface area contributed by atoms with Crippen LogP contribution in [0.2, 0.25) is 10.0 Å². The molecular weight excluding hydrogens is 435 g/mol. The number of rotatable bonds is 5. The van der Waals surface area contributed by atoms with Gasteiger partial charge in [0.25, 0.3) is 0 Å². The van der Waals surface area contributed by atoms with E-state index in [1.165, 1.54) is 5.56 Å². The number of nitrogens with zero attached hydrogens (tertiary/aromatic N) is 3. The first-order chi connectivity index (χ1) is 14.7. The number of fused-ring (bicyclic) bond motifs is 3. The van der Waals surface area contributed by atoms with E-state index in [1.807, 2.05) is 28.1 Å². The van der Waals surface area contributed by atoms with Crippen LogP contribution in [0, 0.1) is 0 Å². The summed E-state index contributed by atoms with van der Waals surface area (Å²) >= 11 is 14.9. The van der Waals surface area contributed by atoms with Gasteiger partial charge in [0, 0.05) is 10.9 Å². The van der Waals surface area contributed by atoms with Crippen LogP contribution in [0.15, 0.2) is 59.7 Å². The Morgan fingerprint density at radius 3 is 2.67 bits per heavy atom. The second kappa shape index (κ2) is 8.00. The Morgan fingerprint density at radius 2 is 1.90 bits per heavy atom. The highest BCUT2D eigenvalue weighted by Gasteiger charge is 2.15. The van der Waals surface area contributed by atoms with Crippen molar-refractivity contribution in [3.8, 4) is 16.8 Å². The standard InChI is InChI=1S/C23H18Cl2N4S/c24-18-10-20-17(9-16(18)15-5-7-30-12-15)23-21(11-27-20)28-13-29(23)22-4-3-14(2-1-6-26)8-19(22)25/h3-5,7-13H,1-2,6,26H2. The molecule has 0 radical (unpaired) electrons. The summed E-state index contributed by atoms with van der Waals surface area (Å²) in [5, 5.41) is 6.49. The molecule has 5 rings (SSSR count). The number of aryl methyl sites for hydroxylation is 1. The molecule has 0 fully saturated rings. The molecule has 0 saturated heterocycles. The number of halogens is 2. The predicted molar refractivity (Wildman–Crippen MR) is 127 cm³/mol. The molecule has 3 aromatic heterocycles. The Balaban J connectivity index is 1.72. The van der Waals surface area contributed by atoms with E-state index in [9.17, 15) is 0 Å². The molecule has 30 heavy (non-hydrogen) atoms. The van der Waals surface area contributed by atoms with Gasteiger partial charge in [-0.2, -0.15) is 11.3 Å². The van der Waals surface area contributed by atoms with Crippen molar-refractivity contribution in [1.29, 1.82) is 0 Å². The van der Waals surface area contributed by atoms with Crippen molar-refractivity contribution in [2.24, 2.45) is 5.73 Å². The monoisotopic (exact) mass is 452 g/mol. The molecule has 0 amide bonds. The number of thiophene rings is 1. The number of hydrogen-bond donors (Lipinski definition) is 1. The van der Waals surface area contributed by atoms with E-state index in [4.69, 9.17) is 28.9 Å². The van der Waals surface area contributed by atoms with Gasteiger partial charge in [0.2, 0.25) is 0 Å². The SMILES string of the molecule is NCCCc1ccc(-n2cnc3cnc4cc(Cl)c(-c5ccsc5)cc4c32)c(Cl)c1. The highest BCUT2D eigenvalue weighted by atomic mass is 35.5. The first-order valence-electron chi connectivity index (χ1n) is 9.62. The zero-order valence-electron chi connectivity index (χ0n) is 16.0. The normalized spacial score (nSPS) is 11.6. The molecule has 0 bridgehead atoms. The minimum atomic E-state index is 0.666. The fourth-order valence-corrected chi connectivity index (χ4v) is 4.96. The average molecular weight is 453 g/mol. The Labute approximate surface area is 187 Å². The van der Waals surface area contributed by atoms with Crippen LogP contribution < -0.4 is 5.73 Å². The van der Waals surface area contributed by atoms with Crippen molar-refractivity contribution in [2.75, 3.05) is 6.54 Å². The lowest BCUT2D eigenvalue weighted by molar-refractivity contribution is 0.832. The second-order valence-electron chi connectivity index (χ2n) is 7.15. The van der Waals surface area contributed by atoms with Crippen molar-refractivity contribution >= 4 is 56.5 Å². The molecule has 2 aromatic carbocycles. The first-order valence-corrected chi connectivity index (χ1v) is 11.3. The molecule has 4 nitrogen and oxygen atoms in total. The summed E-state index contributed by atoms with van der Waals surface area (Å²) in [5.74, 6) is 0. The van der Waals surface area contributed by atoms with Crippen LogP contribution in [0.4, 0.5) is 0 Å². The van der Waals surface area contributed by atoms with Gasteiger partial charge in [-0.05, 0) is 71.6 Å². The lowest BCUT2D eigenvalue weighted by atomic mass is 10.0. The third-order valence-electron chi connectivity index (χ3n) is 5.24. The topological polar surface area (TPSA) is 56.7 Å². The summed E-state index contributed by atoms with van der Waals surface area (Å²) in [4.78, 5) is 9.13. The Kier molecular flexibility index (Phi) is 5.21. The molecule has 3 heterocycles. The largest absolute Gasteiger partial charge is 0.330 e. The van der Waals surface area contributed by atoms with Gasteiger partial charge < -0.3 is 5.73 Å². The maximum atomic E-state index is 6.67. The number of hydrogen-bond acceptors (Lipinski definition) is 4. The van der Waals surface area contributed by atoms with Gasteiger partial charge in [-0.25, -0.2) is 4.98 Å². The molecule has 0 aliphatic heterocycles. The van der Waals surface area contributed by atoms with Crippen molar-refractivity contribution in [2.45, 2.75) is 12.8 Å². The maximum Gasteiger partial charge on any atom is 0.108 e. The van der Waals surface area contributed by atoms with Gasteiger partial charge in [0.15, 0.2) is 0 Å². The van der Waals surface area contributed by atoms with Gasteiger partial charge in [-0.15, -0.1) is 0 Å². The molecule has 7 heteroatoms. The van der Waals surface area contributed by atoms with E-state index < -0.39 is 0 Å². The van der Waals surface area contributed by atoms with E-state index in [-0.39, 0.29) is 0 Å². The average Bonchev–Trinajstić information content (AvgIpc) is 3.42. The first kappa shape index (κ1) is 19.5. The minimum absolute atomic E-state index is 0.666. The molecule has 0 saturated carbocycles. The minimum Gasteiger partial charge on any atom is -0.330 e. The smallest absolute Gasteiger partial charge is 0.108 e. The molecule has 2 N–H and O–H groups in total. The summed E-state index contributed by atoms with van der Waals surface area (Å²) < 4.78 is 2.03. The number of imidazole rings is 1. The second-order valence-corrected chi connectivity index (χ2v) is 8.74. The number of pyridine rings is 1. The van der Waals surface area contributed by atoms with E-state index in [0.717, 1.165) is 51.6 Å². The molecule has 0 spiro atoms. The molecule has 5 aromatic rings. The van der Waals surface area contributed by atoms with Crippen LogP contribution in [-0.4, -0.2) is 21.1 Å². The number of benzene rings is 2. The predicted octanol–water partition coefficient (Wildman–Crippen LogP) is 6.50. The van der Waals surface area contributed by atoms with Crippen molar-refractivity contribution in [3.63, 3.8) is 0 Å². The molecule has 0 unspecified atom stereocenters. The fourth-order valence-electron chi connectivity index (χ4n) is 3.74. The lowest BCUT2D eigenvalue weighted by Crippen LogP contribution is -2.01. The van der Waals surface area contributed by atoms with E-state index in [0.29, 0.717) is 16.6 Å². The highest BCUT2D eigenvalue weighted by molar-refractivity contribution is 7.08. The molecule has 150 valence electrons. The quantitative estimate of drug-likeness (QED) is 0.331. The third kappa shape index (κ3) is 3.38. The summed E-state index contributed by atoms with van der Waals surface area (Å²) in [6.45, 7) is 0.666. The van der Waals surface area contributed by atoms with Crippen LogP contribution >= 0.6 is 34.5 Å². The molecule has 0 atom stereocenters. The summed E-state index contributed by atoms with van der Waals surface area (Å²) in [7, 11) is 0. The highest BCUT2D eigenvalue weighted by Crippen LogP contribution is 2.36. The van der Waals surface area contributed by atoms with Crippen molar-refractivity contribution in [3.05, 3.63) is 75.3 Å². The summed E-state index contributed by atoms with van der Waals surface area (Å²) in [6, 6.07) is 12.2. The summed E-state index contributed by atoms with van der Waals surface area (Å²) in [5.41, 5.74) is 12.4. The summed E-state index contributed by atoms with van der Waals surface area (Å²) in [6.07, 6.45) is 5.42. The molecule has 0 aliphatic rings. The van der Waals surface area contributed by atoms with Crippen LogP contribution in [0.3, 0.4) is 0 Å². The Bertz CT molecular complexity index is 1360. The van der Waals surface area contributed by atoms with Gasteiger partial charge in [0.05, 0.1) is 33.0 Å². The van der Waals surface area contributed by atoms with E-state index >= 15 is 0 Å². The third-order valence-corrected chi connectivity index (χ3v) is 6.53. The zero-order chi connectivity index (χ0) is 20.7. The Hall–Kier alpha value is -2.44. The van der Waals surface area contributed by atoms with Gasteiger partial charge in [-0.3, -0.25) is 9.55 Å². The fraction of sp³-hybridized carbons (Fsp3) is 0.130. The Morgan fingerprint density at radius 1 is 1.00 bits per heavy atom. The van der Waals surface area contributed by atoms with Gasteiger partial charge in [0.1, 0.15) is 11.8 Å². The maximum absolute atomic E-state index is 6.67. The van der Waals surface area contributed by atoms with Gasteiger partial charge >= 0.3 is 0 Å². The van der Waals surface area contributed by atoms with Crippen LogP contribution in [0.5, 0.6) is 0 Å². The van der Waals surface area contributed by atoms with Crippen molar-refractivity contribution < 1.29 is 0 Å². The van der Waals surface area contributed by atoms with E-state index in [1.54, 1.807) is 23.9 Å².